The first-order valence-corrected chi connectivity index (χ1v) is 11.2. The fraction of sp³-hybridized carbons (Fsp3) is 0.222. The average molecular weight is 511 g/mol. The van der Waals surface area contributed by atoms with Crippen LogP contribution in [0, 0.1) is 5.41 Å². The maximum absolute atomic E-state index is 13.0. The quantitative estimate of drug-likeness (QED) is 0.208. The number of rotatable bonds is 10. The van der Waals surface area contributed by atoms with E-state index in [4.69, 9.17) is 20.6 Å². The molecule has 0 aliphatic rings. The molecule has 0 atom stereocenters. The van der Waals surface area contributed by atoms with E-state index < -0.39 is 5.97 Å². The van der Waals surface area contributed by atoms with Crippen molar-refractivity contribution in [3.8, 4) is 5.75 Å². The highest BCUT2D eigenvalue weighted by molar-refractivity contribution is 5.97. The Labute approximate surface area is 217 Å². The molecule has 3 aromatic carbocycles. The summed E-state index contributed by atoms with van der Waals surface area (Å²) < 4.78 is 10.5. The molecule has 0 aliphatic heterocycles. The molecule has 0 heterocycles. The zero-order valence-electron chi connectivity index (χ0n) is 20.5. The second-order valence-electron chi connectivity index (χ2n) is 8.25. The van der Waals surface area contributed by atoms with Crippen LogP contribution in [0.4, 0.5) is 11.4 Å². The number of halogens is 1. The van der Waals surface area contributed by atoms with Crippen molar-refractivity contribution in [1.29, 1.82) is 5.41 Å². The van der Waals surface area contributed by atoms with Crippen LogP contribution in [0.3, 0.4) is 0 Å². The molecule has 9 heteroatoms. The molecule has 8 nitrogen and oxygen atoms in total. The minimum atomic E-state index is -0.431. The number of anilines is 2. The van der Waals surface area contributed by atoms with E-state index in [0.717, 1.165) is 17.0 Å². The molecule has 3 aromatic rings. The molecule has 0 unspecified atom stereocenters. The van der Waals surface area contributed by atoms with E-state index in [1.54, 1.807) is 48.5 Å². The van der Waals surface area contributed by atoms with E-state index in [9.17, 15) is 9.59 Å². The number of nitrogens with one attached hydrogen (secondary N) is 2. The topological polar surface area (TPSA) is 118 Å². The number of hydrogen-bond acceptors (Lipinski definition) is 6. The molecule has 0 saturated heterocycles. The molecule has 3 rings (SSSR count). The van der Waals surface area contributed by atoms with E-state index in [1.165, 1.54) is 7.11 Å². The molecule has 1 amide bonds. The van der Waals surface area contributed by atoms with Gasteiger partial charge in [-0.25, -0.2) is 4.79 Å². The molecule has 0 aromatic heterocycles. The number of hydrogen-bond donors (Lipinski definition) is 3. The molecule has 36 heavy (non-hydrogen) atoms. The van der Waals surface area contributed by atoms with E-state index >= 15 is 0 Å². The molecule has 0 spiro atoms. The number of carbonyl (C=O) groups is 2. The Morgan fingerprint density at radius 1 is 1.00 bits per heavy atom. The van der Waals surface area contributed by atoms with Crippen LogP contribution in [0.15, 0.2) is 72.8 Å². The zero-order chi connectivity index (χ0) is 25.4. The first-order valence-electron chi connectivity index (χ1n) is 11.2. The van der Waals surface area contributed by atoms with Crippen LogP contribution in [0.2, 0.25) is 0 Å². The van der Waals surface area contributed by atoms with Gasteiger partial charge >= 0.3 is 5.97 Å². The number of nitrogens with zero attached hydrogens (tertiary/aromatic N) is 1. The largest absolute Gasteiger partial charge is 0.491 e. The second-order valence-corrected chi connectivity index (χ2v) is 8.25. The highest BCUT2D eigenvalue weighted by atomic mass is 35.5. The SMILES string of the molecule is COC(=O)c1cccc(CN(CC(=O)Nc2ccc(OC(C)C)cc2)c2cccc(C(=N)N)c2)c1.Cl. The van der Waals surface area contributed by atoms with Gasteiger partial charge in [0, 0.05) is 23.5 Å². The Hall–Kier alpha value is -4.04. The Kier molecular flexibility index (Phi) is 10.3. The van der Waals surface area contributed by atoms with Crippen LogP contribution < -0.4 is 20.7 Å². The number of benzene rings is 3. The van der Waals surface area contributed by atoms with Crippen molar-refractivity contribution in [3.05, 3.63) is 89.5 Å². The lowest BCUT2D eigenvalue weighted by Crippen LogP contribution is -2.33. The lowest BCUT2D eigenvalue weighted by Gasteiger charge is -2.25. The van der Waals surface area contributed by atoms with E-state index in [0.29, 0.717) is 23.4 Å². The van der Waals surface area contributed by atoms with Crippen LogP contribution >= 0.6 is 12.4 Å². The smallest absolute Gasteiger partial charge is 0.337 e. The molecule has 190 valence electrons. The van der Waals surface area contributed by atoms with Crippen molar-refractivity contribution in [3.63, 3.8) is 0 Å². The minimum Gasteiger partial charge on any atom is -0.491 e. The van der Waals surface area contributed by atoms with Crippen molar-refractivity contribution in [2.75, 3.05) is 23.9 Å². The van der Waals surface area contributed by atoms with Crippen molar-refractivity contribution in [2.24, 2.45) is 5.73 Å². The summed E-state index contributed by atoms with van der Waals surface area (Å²) in [4.78, 5) is 26.8. The summed E-state index contributed by atoms with van der Waals surface area (Å²) in [6.07, 6.45) is 0.0625. The fourth-order valence-corrected chi connectivity index (χ4v) is 3.51. The van der Waals surface area contributed by atoms with Gasteiger partial charge in [-0.05, 0) is 67.9 Å². The van der Waals surface area contributed by atoms with Crippen LogP contribution in [-0.4, -0.2) is 37.5 Å². The predicted octanol–water partition coefficient (Wildman–Crippen LogP) is 4.61. The van der Waals surface area contributed by atoms with Crippen molar-refractivity contribution < 1.29 is 19.1 Å². The van der Waals surface area contributed by atoms with Crippen LogP contribution in [-0.2, 0) is 16.1 Å². The molecule has 0 radical (unpaired) electrons. The molecular formula is C27H31ClN4O4. The van der Waals surface area contributed by atoms with Gasteiger partial charge in [-0.2, -0.15) is 0 Å². The fourth-order valence-electron chi connectivity index (χ4n) is 3.51. The maximum Gasteiger partial charge on any atom is 0.337 e. The summed E-state index contributed by atoms with van der Waals surface area (Å²) in [7, 11) is 1.33. The molecule has 0 fully saturated rings. The average Bonchev–Trinajstić information content (AvgIpc) is 2.84. The highest BCUT2D eigenvalue weighted by Crippen LogP contribution is 2.21. The Morgan fingerprint density at radius 3 is 2.31 bits per heavy atom. The van der Waals surface area contributed by atoms with Crippen molar-refractivity contribution in [1.82, 2.24) is 0 Å². The number of nitrogens with two attached hydrogens (primary N) is 1. The summed E-state index contributed by atoms with van der Waals surface area (Å²) in [6.45, 7) is 4.29. The molecule has 0 saturated carbocycles. The Bertz CT molecular complexity index is 1200. The zero-order valence-corrected chi connectivity index (χ0v) is 21.3. The molecule has 0 bridgehead atoms. The van der Waals surface area contributed by atoms with Gasteiger partial charge in [0.2, 0.25) is 5.91 Å². The second kappa shape index (κ2) is 13.2. The number of carbonyl (C=O) groups excluding carboxylic acids is 2. The monoisotopic (exact) mass is 510 g/mol. The third-order valence-electron chi connectivity index (χ3n) is 5.09. The van der Waals surface area contributed by atoms with Gasteiger partial charge in [0.1, 0.15) is 11.6 Å². The normalized spacial score (nSPS) is 10.2. The number of ether oxygens (including phenoxy) is 2. The number of amides is 1. The van der Waals surface area contributed by atoms with Crippen LogP contribution in [0.25, 0.3) is 0 Å². The van der Waals surface area contributed by atoms with Gasteiger partial charge in [-0.1, -0.05) is 24.3 Å². The third kappa shape index (κ3) is 8.02. The van der Waals surface area contributed by atoms with Gasteiger partial charge in [-0.15, -0.1) is 12.4 Å². The van der Waals surface area contributed by atoms with Crippen molar-refractivity contribution >= 4 is 41.5 Å². The Balaban J connectivity index is 0.00000456. The minimum absolute atomic E-state index is 0. The molecular weight excluding hydrogens is 480 g/mol. The first kappa shape index (κ1) is 28.2. The number of methoxy groups -OCH3 is 1. The van der Waals surface area contributed by atoms with Crippen LogP contribution in [0.1, 0.15) is 35.3 Å². The maximum atomic E-state index is 13.0. The number of amidine groups is 1. The van der Waals surface area contributed by atoms with E-state index in [-0.39, 0.29) is 36.8 Å². The van der Waals surface area contributed by atoms with E-state index in [2.05, 4.69) is 5.32 Å². The van der Waals surface area contributed by atoms with Crippen LogP contribution in [0.5, 0.6) is 5.75 Å². The summed E-state index contributed by atoms with van der Waals surface area (Å²) in [6, 6.07) is 21.4. The lowest BCUT2D eigenvalue weighted by atomic mass is 10.1. The number of nitrogen functional groups attached to an aromatic ring is 1. The summed E-state index contributed by atoms with van der Waals surface area (Å²) in [5, 5.41) is 10.7. The predicted molar refractivity (Wildman–Crippen MR) is 144 cm³/mol. The van der Waals surface area contributed by atoms with Gasteiger partial charge in [-0.3, -0.25) is 10.2 Å². The molecule has 4 N–H and O–H groups in total. The van der Waals surface area contributed by atoms with Gasteiger partial charge < -0.3 is 25.4 Å². The van der Waals surface area contributed by atoms with Gasteiger partial charge in [0.25, 0.3) is 0 Å². The summed E-state index contributed by atoms with van der Waals surface area (Å²) in [5.41, 5.74) is 8.84. The standard InChI is InChI=1S/C27H30N4O4.ClH/c1-18(2)35-24-12-10-22(11-13-24)30-25(32)17-31(23-9-5-7-20(15-23)26(28)29)16-19-6-4-8-21(14-19)27(33)34-3;/h4-15,18H,16-17H2,1-3H3,(H3,28,29)(H,30,32);1H. The van der Waals surface area contributed by atoms with E-state index in [1.807, 2.05) is 43.0 Å². The lowest BCUT2D eigenvalue weighted by molar-refractivity contribution is -0.115. The van der Waals surface area contributed by atoms with Crippen molar-refractivity contribution in [2.45, 2.75) is 26.5 Å². The first-order chi connectivity index (χ1) is 16.7. The van der Waals surface area contributed by atoms with Gasteiger partial charge in [0.05, 0.1) is 25.3 Å². The summed E-state index contributed by atoms with van der Waals surface area (Å²) in [5.74, 6) is 0.0123. The highest BCUT2D eigenvalue weighted by Gasteiger charge is 2.15. The Morgan fingerprint density at radius 2 is 1.67 bits per heavy atom. The third-order valence-corrected chi connectivity index (χ3v) is 5.09. The molecule has 0 aliphatic carbocycles. The number of esters is 1. The summed E-state index contributed by atoms with van der Waals surface area (Å²) >= 11 is 0. The van der Waals surface area contributed by atoms with Gasteiger partial charge in [0.15, 0.2) is 0 Å².